The summed E-state index contributed by atoms with van der Waals surface area (Å²) in [7, 11) is 2.06. The van der Waals surface area contributed by atoms with Gasteiger partial charge in [0, 0.05) is 37.9 Å². The maximum Gasteiger partial charge on any atom is 0.254 e. The molecule has 17 heavy (non-hydrogen) atoms. The van der Waals surface area contributed by atoms with E-state index in [4.69, 9.17) is 5.84 Å². The number of pyridine rings is 1. The molecule has 0 unspecified atom stereocenters. The first kappa shape index (κ1) is 11.8. The number of likely N-dealkylation sites (N-methyl/N-ethyl adjacent to an activating group) is 1. The van der Waals surface area contributed by atoms with Gasteiger partial charge in [-0.15, -0.1) is 0 Å². The Morgan fingerprint density at radius 2 is 2.12 bits per heavy atom. The summed E-state index contributed by atoms with van der Waals surface area (Å²) < 4.78 is 0. The highest BCUT2D eigenvalue weighted by Crippen LogP contribution is 2.10. The van der Waals surface area contributed by atoms with E-state index in [2.05, 4.69) is 22.4 Å². The fraction of sp³-hybridized carbons (Fsp3) is 0.455. The van der Waals surface area contributed by atoms with Crippen LogP contribution in [0.25, 0.3) is 0 Å². The van der Waals surface area contributed by atoms with Crippen LogP contribution in [0.3, 0.4) is 0 Å². The number of hydrogen-bond donors (Lipinski definition) is 2. The number of hydrogen-bond acceptors (Lipinski definition) is 5. The van der Waals surface area contributed by atoms with Gasteiger partial charge in [-0.3, -0.25) is 4.79 Å². The van der Waals surface area contributed by atoms with Gasteiger partial charge in [0.1, 0.15) is 5.82 Å². The van der Waals surface area contributed by atoms with Gasteiger partial charge in [0.15, 0.2) is 0 Å². The zero-order chi connectivity index (χ0) is 12.3. The number of anilines is 1. The van der Waals surface area contributed by atoms with E-state index in [1.165, 1.54) is 0 Å². The van der Waals surface area contributed by atoms with E-state index < -0.39 is 0 Å². The molecule has 0 spiro atoms. The molecule has 1 aromatic heterocycles. The zero-order valence-corrected chi connectivity index (χ0v) is 9.89. The lowest BCUT2D eigenvalue weighted by atomic mass is 10.2. The molecule has 2 heterocycles. The quantitative estimate of drug-likeness (QED) is 0.546. The van der Waals surface area contributed by atoms with Crippen LogP contribution in [0, 0.1) is 0 Å². The Morgan fingerprint density at radius 3 is 2.76 bits per heavy atom. The van der Waals surface area contributed by atoms with Crippen LogP contribution in [0.2, 0.25) is 0 Å². The summed E-state index contributed by atoms with van der Waals surface area (Å²) in [6, 6.07) is 3.38. The monoisotopic (exact) mass is 235 g/mol. The normalized spacial score (nSPS) is 16.9. The number of carbonyl (C=O) groups excluding carboxylic acids is 1. The number of piperazine rings is 1. The molecular formula is C11H17N5O. The lowest BCUT2D eigenvalue weighted by Crippen LogP contribution is -2.47. The molecule has 0 saturated carbocycles. The van der Waals surface area contributed by atoms with Crippen molar-refractivity contribution in [3.63, 3.8) is 0 Å². The molecule has 2 rings (SSSR count). The maximum absolute atomic E-state index is 12.2. The fourth-order valence-corrected chi connectivity index (χ4v) is 1.83. The molecule has 6 nitrogen and oxygen atoms in total. The maximum atomic E-state index is 12.2. The Labute approximate surface area is 100 Å². The minimum Gasteiger partial charge on any atom is -0.336 e. The van der Waals surface area contributed by atoms with Crippen LogP contribution in [-0.4, -0.2) is 53.9 Å². The third-order valence-corrected chi connectivity index (χ3v) is 2.95. The first-order valence-corrected chi connectivity index (χ1v) is 5.61. The number of rotatable bonds is 2. The summed E-state index contributed by atoms with van der Waals surface area (Å²) in [4.78, 5) is 20.2. The van der Waals surface area contributed by atoms with Crippen molar-refractivity contribution in [2.75, 3.05) is 38.7 Å². The molecule has 6 heteroatoms. The van der Waals surface area contributed by atoms with Gasteiger partial charge in [-0.2, -0.15) is 0 Å². The molecule has 1 fully saturated rings. The molecule has 0 aliphatic carbocycles. The first-order valence-electron chi connectivity index (χ1n) is 5.61. The van der Waals surface area contributed by atoms with Crippen LogP contribution >= 0.6 is 0 Å². The first-order chi connectivity index (χ1) is 8.20. The summed E-state index contributed by atoms with van der Waals surface area (Å²) in [6.45, 7) is 3.36. The van der Waals surface area contributed by atoms with Crippen molar-refractivity contribution in [2.45, 2.75) is 0 Å². The number of nitrogens with two attached hydrogens (primary N) is 1. The van der Waals surface area contributed by atoms with Gasteiger partial charge in [0.05, 0.1) is 0 Å². The number of nitrogen functional groups attached to an aromatic ring is 1. The molecule has 1 aliphatic rings. The highest BCUT2D eigenvalue weighted by Gasteiger charge is 2.20. The predicted molar refractivity (Wildman–Crippen MR) is 65.4 cm³/mol. The Kier molecular flexibility index (Phi) is 3.55. The minimum absolute atomic E-state index is 0.0389. The second-order valence-electron chi connectivity index (χ2n) is 4.17. The molecule has 1 aliphatic heterocycles. The van der Waals surface area contributed by atoms with Gasteiger partial charge >= 0.3 is 0 Å². The van der Waals surface area contributed by atoms with E-state index >= 15 is 0 Å². The van der Waals surface area contributed by atoms with E-state index in [1.807, 2.05) is 4.90 Å². The summed E-state index contributed by atoms with van der Waals surface area (Å²) in [6.07, 6.45) is 1.58. The second kappa shape index (κ2) is 5.11. The lowest BCUT2D eigenvalue weighted by molar-refractivity contribution is 0.0664. The molecule has 92 valence electrons. The van der Waals surface area contributed by atoms with Crippen molar-refractivity contribution < 1.29 is 4.79 Å². The van der Waals surface area contributed by atoms with E-state index in [0.29, 0.717) is 11.4 Å². The van der Waals surface area contributed by atoms with Gasteiger partial charge in [-0.1, -0.05) is 0 Å². The van der Waals surface area contributed by atoms with Crippen LogP contribution in [-0.2, 0) is 0 Å². The molecule has 0 radical (unpaired) electrons. The van der Waals surface area contributed by atoms with Gasteiger partial charge in [-0.05, 0) is 19.2 Å². The molecule has 1 saturated heterocycles. The van der Waals surface area contributed by atoms with Crippen molar-refractivity contribution in [1.29, 1.82) is 0 Å². The average molecular weight is 235 g/mol. The lowest BCUT2D eigenvalue weighted by Gasteiger charge is -2.32. The van der Waals surface area contributed by atoms with Crippen LogP contribution in [0.5, 0.6) is 0 Å². The topological polar surface area (TPSA) is 74.5 Å². The summed E-state index contributed by atoms with van der Waals surface area (Å²) in [5.74, 6) is 5.81. The predicted octanol–water partition coefficient (Wildman–Crippen LogP) is -0.245. The van der Waals surface area contributed by atoms with Gasteiger partial charge in [0.25, 0.3) is 5.91 Å². The van der Waals surface area contributed by atoms with Gasteiger partial charge in [0.2, 0.25) is 0 Å². The van der Waals surface area contributed by atoms with Crippen molar-refractivity contribution >= 4 is 11.7 Å². The smallest absolute Gasteiger partial charge is 0.254 e. The molecule has 1 aromatic rings. The minimum atomic E-state index is 0.0389. The third kappa shape index (κ3) is 2.72. The Hall–Kier alpha value is -1.66. The number of nitrogens with zero attached hydrogens (tertiary/aromatic N) is 3. The molecule has 0 atom stereocenters. The molecule has 0 bridgehead atoms. The van der Waals surface area contributed by atoms with Gasteiger partial charge in [-0.25, -0.2) is 10.8 Å². The Bertz CT molecular complexity index is 401. The second-order valence-corrected chi connectivity index (χ2v) is 4.17. The molecule has 0 aromatic carbocycles. The fourth-order valence-electron chi connectivity index (χ4n) is 1.83. The van der Waals surface area contributed by atoms with E-state index in [9.17, 15) is 4.79 Å². The van der Waals surface area contributed by atoms with Crippen molar-refractivity contribution in [2.24, 2.45) is 5.84 Å². The van der Waals surface area contributed by atoms with Crippen LogP contribution in [0.1, 0.15) is 10.4 Å². The number of nitrogens with one attached hydrogen (secondary N) is 1. The number of carbonyl (C=O) groups is 1. The Morgan fingerprint density at radius 1 is 1.41 bits per heavy atom. The third-order valence-electron chi connectivity index (χ3n) is 2.95. The van der Waals surface area contributed by atoms with Crippen molar-refractivity contribution in [3.8, 4) is 0 Å². The van der Waals surface area contributed by atoms with Crippen LogP contribution < -0.4 is 11.3 Å². The largest absolute Gasteiger partial charge is 0.336 e. The van der Waals surface area contributed by atoms with E-state index in [0.717, 1.165) is 26.2 Å². The van der Waals surface area contributed by atoms with Crippen molar-refractivity contribution in [1.82, 2.24) is 14.8 Å². The molecular weight excluding hydrogens is 218 g/mol. The molecule has 3 N–H and O–H groups in total. The summed E-state index contributed by atoms with van der Waals surface area (Å²) in [5, 5.41) is 0. The highest BCUT2D eigenvalue weighted by atomic mass is 16.2. The van der Waals surface area contributed by atoms with Crippen LogP contribution in [0.4, 0.5) is 5.82 Å². The average Bonchev–Trinajstić information content (AvgIpc) is 2.39. The van der Waals surface area contributed by atoms with Crippen LogP contribution in [0.15, 0.2) is 18.3 Å². The number of hydrazine groups is 1. The standard InChI is InChI=1S/C11H17N5O/c1-15-4-6-16(7-5-15)11(17)9-2-3-13-10(8-9)14-12/h2-3,8H,4-7,12H2,1H3,(H,13,14). The molecule has 1 amide bonds. The zero-order valence-electron chi connectivity index (χ0n) is 9.89. The van der Waals surface area contributed by atoms with Crippen molar-refractivity contribution in [3.05, 3.63) is 23.9 Å². The summed E-state index contributed by atoms with van der Waals surface area (Å²) in [5.41, 5.74) is 3.06. The summed E-state index contributed by atoms with van der Waals surface area (Å²) >= 11 is 0. The van der Waals surface area contributed by atoms with E-state index in [1.54, 1.807) is 18.3 Å². The highest BCUT2D eigenvalue weighted by molar-refractivity contribution is 5.94. The Balaban J connectivity index is 2.08. The number of amides is 1. The number of aromatic nitrogens is 1. The van der Waals surface area contributed by atoms with Gasteiger partial charge < -0.3 is 15.2 Å². The van der Waals surface area contributed by atoms with E-state index in [-0.39, 0.29) is 5.91 Å². The SMILES string of the molecule is CN1CCN(C(=O)c2ccnc(NN)c2)CC1.